The summed E-state index contributed by atoms with van der Waals surface area (Å²) in [6.07, 6.45) is 0. The summed E-state index contributed by atoms with van der Waals surface area (Å²) in [6, 6.07) is 13.0. The zero-order valence-electron chi connectivity index (χ0n) is 7.96. The molecule has 1 heterocycles. The largest absolute Gasteiger partial charge is 0.481 e. The van der Waals surface area contributed by atoms with Gasteiger partial charge in [-0.1, -0.05) is 36.4 Å². The highest BCUT2D eigenvalue weighted by Gasteiger charge is 2.22. The van der Waals surface area contributed by atoms with E-state index in [1.165, 1.54) is 11.3 Å². The Labute approximate surface area is 91.8 Å². The first-order valence-corrected chi connectivity index (χ1v) is 5.48. The summed E-state index contributed by atoms with van der Waals surface area (Å²) in [5.41, 5.74) is 0.826. The van der Waals surface area contributed by atoms with Crippen LogP contribution in [-0.4, -0.2) is 11.1 Å². The summed E-state index contributed by atoms with van der Waals surface area (Å²) in [4.78, 5) is 12.1. The van der Waals surface area contributed by atoms with Gasteiger partial charge < -0.3 is 5.11 Å². The maximum atomic E-state index is 11.2. The Balaban J connectivity index is 2.42. The van der Waals surface area contributed by atoms with Crippen LogP contribution >= 0.6 is 11.3 Å². The quantitative estimate of drug-likeness (QED) is 0.860. The third-order valence-electron chi connectivity index (χ3n) is 2.21. The molecule has 0 aliphatic heterocycles. The molecule has 15 heavy (non-hydrogen) atoms. The summed E-state index contributed by atoms with van der Waals surface area (Å²) in [7, 11) is 0. The highest BCUT2D eigenvalue weighted by atomic mass is 32.1. The highest BCUT2D eigenvalue weighted by molar-refractivity contribution is 7.10. The third kappa shape index (κ3) is 2.07. The minimum absolute atomic E-state index is 0.536. The third-order valence-corrected chi connectivity index (χ3v) is 3.14. The lowest BCUT2D eigenvalue weighted by molar-refractivity contribution is -0.137. The van der Waals surface area contributed by atoms with Crippen molar-refractivity contribution in [3.05, 3.63) is 58.3 Å². The molecule has 1 aromatic heterocycles. The lowest BCUT2D eigenvalue weighted by Crippen LogP contribution is -2.11. The second-order valence-electron chi connectivity index (χ2n) is 3.20. The van der Waals surface area contributed by atoms with Crippen molar-refractivity contribution < 1.29 is 9.90 Å². The van der Waals surface area contributed by atoms with Crippen molar-refractivity contribution in [1.82, 2.24) is 0 Å². The van der Waals surface area contributed by atoms with Crippen molar-refractivity contribution in [3.8, 4) is 0 Å². The van der Waals surface area contributed by atoms with E-state index >= 15 is 0 Å². The first kappa shape index (κ1) is 9.93. The number of hydrogen-bond donors (Lipinski definition) is 1. The number of rotatable bonds is 3. The average molecular weight is 218 g/mol. The Hall–Kier alpha value is -1.61. The topological polar surface area (TPSA) is 37.3 Å². The summed E-state index contributed by atoms with van der Waals surface area (Å²) in [5.74, 6) is -1.34. The molecule has 2 nitrogen and oxygen atoms in total. The van der Waals surface area contributed by atoms with E-state index in [4.69, 9.17) is 0 Å². The Kier molecular flexibility index (Phi) is 2.83. The van der Waals surface area contributed by atoms with Crippen LogP contribution in [0.3, 0.4) is 0 Å². The van der Waals surface area contributed by atoms with Crippen molar-refractivity contribution in [3.63, 3.8) is 0 Å². The number of thiophene rings is 1. The fourth-order valence-corrected chi connectivity index (χ4v) is 2.37. The molecule has 1 aromatic carbocycles. The molecule has 2 rings (SSSR count). The Morgan fingerprint density at radius 2 is 1.87 bits per heavy atom. The number of benzene rings is 1. The summed E-state index contributed by atoms with van der Waals surface area (Å²) in [6.45, 7) is 0. The first-order chi connectivity index (χ1) is 7.29. The minimum atomic E-state index is -0.802. The van der Waals surface area contributed by atoms with Crippen LogP contribution in [0.25, 0.3) is 0 Å². The van der Waals surface area contributed by atoms with Gasteiger partial charge in [0.15, 0.2) is 0 Å². The monoisotopic (exact) mass is 218 g/mol. The Morgan fingerprint density at radius 1 is 1.13 bits per heavy atom. The molecule has 0 aliphatic carbocycles. The van der Waals surface area contributed by atoms with Crippen LogP contribution in [0.2, 0.25) is 0 Å². The van der Waals surface area contributed by atoms with Crippen molar-refractivity contribution in [1.29, 1.82) is 0 Å². The van der Waals surface area contributed by atoms with Gasteiger partial charge in [-0.2, -0.15) is 0 Å². The average Bonchev–Trinajstić information content (AvgIpc) is 2.72. The minimum Gasteiger partial charge on any atom is -0.481 e. The highest BCUT2D eigenvalue weighted by Crippen LogP contribution is 2.28. The maximum Gasteiger partial charge on any atom is 0.316 e. The van der Waals surface area contributed by atoms with Gasteiger partial charge in [0, 0.05) is 4.88 Å². The normalized spacial score (nSPS) is 12.3. The maximum absolute atomic E-state index is 11.2. The first-order valence-electron chi connectivity index (χ1n) is 4.60. The van der Waals surface area contributed by atoms with Crippen LogP contribution in [0.1, 0.15) is 16.4 Å². The standard InChI is InChI=1S/C12H10O2S/c13-12(14)11(10-7-4-8-15-10)9-5-2-1-3-6-9/h1-8,11H,(H,13,14)/t11-/m1/s1. The molecule has 76 valence electrons. The van der Waals surface area contributed by atoms with Crippen molar-refractivity contribution in [2.24, 2.45) is 0 Å². The molecule has 0 saturated carbocycles. The molecule has 0 saturated heterocycles. The predicted molar refractivity (Wildman–Crippen MR) is 60.2 cm³/mol. The molecular formula is C12H10O2S. The molecule has 1 atom stereocenters. The van der Waals surface area contributed by atoms with Crippen LogP contribution in [0.15, 0.2) is 47.8 Å². The van der Waals surface area contributed by atoms with Crippen LogP contribution in [-0.2, 0) is 4.79 Å². The van der Waals surface area contributed by atoms with Gasteiger partial charge in [0.2, 0.25) is 0 Å². The fourth-order valence-electron chi connectivity index (χ4n) is 1.53. The predicted octanol–water partition coefficient (Wildman–Crippen LogP) is 2.96. The molecule has 0 amide bonds. The van der Waals surface area contributed by atoms with E-state index in [9.17, 15) is 9.90 Å². The van der Waals surface area contributed by atoms with Crippen LogP contribution in [0.4, 0.5) is 0 Å². The molecule has 0 unspecified atom stereocenters. The zero-order chi connectivity index (χ0) is 10.7. The van der Waals surface area contributed by atoms with E-state index in [0.29, 0.717) is 0 Å². The van der Waals surface area contributed by atoms with Gasteiger partial charge in [-0.05, 0) is 17.0 Å². The second kappa shape index (κ2) is 4.28. The van der Waals surface area contributed by atoms with Crippen molar-refractivity contribution in [2.75, 3.05) is 0 Å². The van der Waals surface area contributed by atoms with Gasteiger partial charge in [0.05, 0.1) is 0 Å². The van der Waals surface area contributed by atoms with E-state index in [1.54, 1.807) is 0 Å². The second-order valence-corrected chi connectivity index (χ2v) is 4.18. The molecule has 0 radical (unpaired) electrons. The number of aliphatic carboxylic acids is 1. The fraction of sp³-hybridized carbons (Fsp3) is 0.0833. The van der Waals surface area contributed by atoms with E-state index in [-0.39, 0.29) is 0 Å². The van der Waals surface area contributed by atoms with Crippen molar-refractivity contribution >= 4 is 17.3 Å². The molecule has 0 aliphatic rings. The van der Waals surface area contributed by atoms with Gasteiger partial charge in [-0.3, -0.25) is 4.79 Å². The smallest absolute Gasteiger partial charge is 0.316 e. The molecule has 2 aromatic rings. The summed E-state index contributed by atoms with van der Waals surface area (Å²) < 4.78 is 0. The van der Waals surface area contributed by atoms with Crippen molar-refractivity contribution in [2.45, 2.75) is 5.92 Å². The van der Waals surface area contributed by atoms with E-state index in [0.717, 1.165) is 10.4 Å². The zero-order valence-corrected chi connectivity index (χ0v) is 8.78. The van der Waals surface area contributed by atoms with Gasteiger partial charge in [-0.25, -0.2) is 0 Å². The van der Waals surface area contributed by atoms with E-state index in [2.05, 4.69) is 0 Å². The SMILES string of the molecule is O=C(O)[C@H](c1ccccc1)c1cccs1. The number of carbonyl (C=O) groups is 1. The number of carboxylic acid groups (broad SMARTS) is 1. The lowest BCUT2D eigenvalue weighted by atomic mass is 9.98. The molecule has 0 spiro atoms. The molecule has 1 N–H and O–H groups in total. The van der Waals surface area contributed by atoms with Gasteiger partial charge >= 0.3 is 5.97 Å². The Bertz CT molecular complexity index is 434. The molecule has 0 bridgehead atoms. The van der Waals surface area contributed by atoms with Crippen LogP contribution in [0.5, 0.6) is 0 Å². The van der Waals surface area contributed by atoms with Crippen LogP contribution in [0, 0.1) is 0 Å². The molecule has 3 heteroatoms. The Morgan fingerprint density at radius 3 is 2.40 bits per heavy atom. The van der Waals surface area contributed by atoms with E-state index in [1.807, 2.05) is 47.8 Å². The van der Waals surface area contributed by atoms with Gasteiger partial charge in [0.1, 0.15) is 5.92 Å². The number of carboxylic acids is 1. The molecule has 0 fully saturated rings. The summed E-state index contributed by atoms with van der Waals surface area (Å²) >= 11 is 1.47. The lowest BCUT2D eigenvalue weighted by Gasteiger charge is -2.10. The number of hydrogen-bond acceptors (Lipinski definition) is 2. The molecular weight excluding hydrogens is 208 g/mol. The van der Waals surface area contributed by atoms with Gasteiger partial charge in [0.25, 0.3) is 0 Å². The summed E-state index contributed by atoms with van der Waals surface area (Å²) in [5, 5.41) is 11.1. The van der Waals surface area contributed by atoms with Crippen LogP contribution < -0.4 is 0 Å². The van der Waals surface area contributed by atoms with E-state index < -0.39 is 11.9 Å². The van der Waals surface area contributed by atoms with Gasteiger partial charge in [-0.15, -0.1) is 11.3 Å².